The average molecular weight is 425 g/mol. The van der Waals surface area contributed by atoms with Crippen molar-refractivity contribution < 1.29 is 14.3 Å². The quantitative estimate of drug-likeness (QED) is 0.373. The van der Waals surface area contributed by atoms with Crippen LogP contribution in [-0.2, 0) is 9.53 Å². The minimum absolute atomic E-state index is 0.0931. The van der Waals surface area contributed by atoms with E-state index in [0.29, 0.717) is 10.6 Å². The molecule has 3 rings (SSSR count). The number of pyridine rings is 1. The number of rotatable bonds is 7. The third kappa shape index (κ3) is 5.17. The van der Waals surface area contributed by atoms with Crippen LogP contribution in [0.15, 0.2) is 52.9 Å². The van der Waals surface area contributed by atoms with Gasteiger partial charge in [0.05, 0.1) is 35.1 Å². The topological polar surface area (TPSA) is 72.2 Å². The van der Waals surface area contributed by atoms with Gasteiger partial charge in [0, 0.05) is 5.56 Å². The van der Waals surface area contributed by atoms with E-state index in [-0.39, 0.29) is 17.8 Å². The summed E-state index contributed by atoms with van der Waals surface area (Å²) >= 11 is 2.80. The normalized spacial score (nSPS) is 10.6. The molecule has 0 aliphatic carbocycles. The summed E-state index contributed by atoms with van der Waals surface area (Å²) in [7, 11) is 1.61. The zero-order valence-corrected chi connectivity index (χ0v) is 18.0. The number of nitriles is 1. The zero-order valence-electron chi connectivity index (χ0n) is 16.3. The number of esters is 1. The van der Waals surface area contributed by atoms with E-state index in [1.807, 2.05) is 47.8 Å². The van der Waals surface area contributed by atoms with Gasteiger partial charge in [0.2, 0.25) is 0 Å². The standard InChI is InChI=1S/C22H20N2O3S2/c1-14(2)27-21(25)13-29-22-18(12-23)17(15-6-8-16(26-3)9-7-15)11-19(24-22)20-5-4-10-28-20/h4-11,14H,13H2,1-3H3. The van der Waals surface area contributed by atoms with Crippen LogP contribution in [0, 0.1) is 11.3 Å². The summed E-state index contributed by atoms with van der Waals surface area (Å²) in [5.74, 6) is 0.504. The van der Waals surface area contributed by atoms with Crippen LogP contribution in [0.2, 0.25) is 0 Å². The molecule has 148 valence electrons. The second-order valence-corrected chi connectivity index (χ2v) is 8.29. The smallest absolute Gasteiger partial charge is 0.316 e. The number of hydrogen-bond donors (Lipinski definition) is 0. The average Bonchev–Trinajstić information content (AvgIpc) is 3.26. The fourth-order valence-corrected chi connectivity index (χ4v) is 4.18. The number of hydrogen-bond acceptors (Lipinski definition) is 7. The second-order valence-electron chi connectivity index (χ2n) is 6.38. The van der Waals surface area contributed by atoms with E-state index in [4.69, 9.17) is 9.47 Å². The first-order chi connectivity index (χ1) is 14.0. The van der Waals surface area contributed by atoms with Crippen molar-refractivity contribution in [3.63, 3.8) is 0 Å². The highest BCUT2D eigenvalue weighted by Gasteiger charge is 2.18. The fourth-order valence-electron chi connectivity index (χ4n) is 2.71. The van der Waals surface area contributed by atoms with Gasteiger partial charge in [0.1, 0.15) is 16.8 Å². The number of aromatic nitrogens is 1. The number of methoxy groups -OCH3 is 1. The fraction of sp³-hybridized carbons (Fsp3) is 0.227. The predicted molar refractivity (Wildman–Crippen MR) is 116 cm³/mol. The first kappa shape index (κ1) is 20.9. The molecular weight excluding hydrogens is 404 g/mol. The number of carbonyl (C=O) groups excluding carboxylic acids is 1. The van der Waals surface area contributed by atoms with Crippen LogP contribution in [0.3, 0.4) is 0 Å². The van der Waals surface area contributed by atoms with Gasteiger partial charge in [-0.2, -0.15) is 5.26 Å². The molecule has 0 atom stereocenters. The van der Waals surface area contributed by atoms with Gasteiger partial charge in [-0.1, -0.05) is 30.0 Å². The molecule has 2 heterocycles. The van der Waals surface area contributed by atoms with E-state index in [0.717, 1.165) is 27.4 Å². The molecule has 3 aromatic rings. The Morgan fingerprint density at radius 2 is 2.03 bits per heavy atom. The van der Waals surface area contributed by atoms with Gasteiger partial charge in [0.25, 0.3) is 0 Å². The lowest BCUT2D eigenvalue weighted by atomic mass is 10.0. The predicted octanol–water partition coefficient (Wildman–Crippen LogP) is 5.40. The number of thiophene rings is 1. The van der Waals surface area contributed by atoms with Crippen LogP contribution < -0.4 is 4.74 Å². The molecule has 0 aliphatic heterocycles. The highest BCUT2D eigenvalue weighted by molar-refractivity contribution is 7.99. The molecule has 0 fully saturated rings. The lowest BCUT2D eigenvalue weighted by Crippen LogP contribution is -2.13. The Labute approximate surface area is 178 Å². The van der Waals surface area contributed by atoms with Gasteiger partial charge in [-0.25, -0.2) is 4.98 Å². The van der Waals surface area contributed by atoms with E-state index in [2.05, 4.69) is 11.1 Å². The third-order valence-electron chi connectivity index (χ3n) is 3.97. The molecule has 0 amide bonds. The Morgan fingerprint density at radius 1 is 1.28 bits per heavy atom. The van der Waals surface area contributed by atoms with Crippen LogP contribution in [-0.4, -0.2) is 29.9 Å². The maximum Gasteiger partial charge on any atom is 0.316 e. The van der Waals surface area contributed by atoms with Gasteiger partial charge >= 0.3 is 5.97 Å². The highest BCUT2D eigenvalue weighted by atomic mass is 32.2. The molecule has 7 heteroatoms. The highest BCUT2D eigenvalue weighted by Crippen LogP contribution is 2.36. The molecule has 5 nitrogen and oxygen atoms in total. The van der Waals surface area contributed by atoms with E-state index in [1.54, 1.807) is 32.3 Å². The molecule has 0 aliphatic rings. The molecule has 0 bridgehead atoms. The summed E-state index contributed by atoms with van der Waals surface area (Å²) < 4.78 is 10.4. The van der Waals surface area contributed by atoms with Gasteiger partial charge in [-0.05, 0) is 49.1 Å². The first-order valence-electron chi connectivity index (χ1n) is 8.97. The maximum atomic E-state index is 12.0. The summed E-state index contributed by atoms with van der Waals surface area (Å²) in [6, 6.07) is 15.7. The van der Waals surface area contributed by atoms with Gasteiger partial charge in [0.15, 0.2) is 0 Å². The Balaban J connectivity index is 2.05. The lowest BCUT2D eigenvalue weighted by Gasteiger charge is -2.13. The molecule has 1 aromatic carbocycles. The number of thioether (sulfide) groups is 1. The largest absolute Gasteiger partial charge is 0.497 e. The molecular formula is C22H20N2O3S2. The first-order valence-corrected chi connectivity index (χ1v) is 10.8. The Kier molecular flexibility index (Phi) is 6.91. The van der Waals surface area contributed by atoms with E-state index >= 15 is 0 Å². The van der Waals surface area contributed by atoms with Crippen molar-refractivity contribution in [1.29, 1.82) is 5.26 Å². The number of carbonyl (C=O) groups is 1. The van der Waals surface area contributed by atoms with Gasteiger partial charge < -0.3 is 9.47 Å². The maximum absolute atomic E-state index is 12.0. The summed E-state index contributed by atoms with van der Waals surface area (Å²) in [4.78, 5) is 17.7. The molecule has 0 radical (unpaired) electrons. The van der Waals surface area contributed by atoms with Crippen molar-refractivity contribution in [3.05, 3.63) is 53.4 Å². The van der Waals surface area contributed by atoms with Gasteiger partial charge in [-0.3, -0.25) is 4.79 Å². The number of nitrogens with zero attached hydrogens (tertiary/aromatic N) is 2. The van der Waals surface area contributed by atoms with Crippen molar-refractivity contribution >= 4 is 29.1 Å². The molecule has 0 saturated heterocycles. The summed E-state index contributed by atoms with van der Waals surface area (Å²) in [6.45, 7) is 3.61. The van der Waals surface area contributed by atoms with E-state index < -0.39 is 0 Å². The molecule has 2 aromatic heterocycles. The Bertz CT molecular complexity index is 1020. The third-order valence-corrected chi connectivity index (χ3v) is 5.81. The molecule has 29 heavy (non-hydrogen) atoms. The molecule has 0 saturated carbocycles. The van der Waals surface area contributed by atoms with E-state index in [1.165, 1.54) is 11.8 Å². The number of benzene rings is 1. The number of ether oxygens (including phenoxy) is 2. The molecule has 0 N–H and O–H groups in total. The Morgan fingerprint density at radius 3 is 2.62 bits per heavy atom. The summed E-state index contributed by atoms with van der Waals surface area (Å²) in [5, 5.41) is 12.4. The monoisotopic (exact) mass is 424 g/mol. The van der Waals surface area contributed by atoms with Crippen molar-refractivity contribution in [2.24, 2.45) is 0 Å². The van der Waals surface area contributed by atoms with E-state index in [9.17, 15) is 10.1 Å². The minimum atomic E-state index is -0.330. The molecule has 0 spiro atoms. The summed E-state index contributed by atoms with van der Waals surface area (Å²) in [6.07, 6.45) is -0.182. The molecule has 0 unspecified atom stereocenters. The Hall–Kier alpha value is -2.82. The van der Waals surface area contributed by atoms with Crippen molar-refractivity contribution in [3.8, 4) is 33.5 Å². The SMILES string of the molecule is COc1ccc(-c2cc(-c3cccs3)nc(SCC(=O)OC(C)C)c2C#N)cc1. The van der Waals surface area contributed by atoms with Crippen LogP contribution in [0.25, 0.3) is 21.7 Å². The van der Waals surface area contributed by atoms with Crippen LogP contribution >= 0.6 is 23.1 Å². The van der Waals surface area contributed by atoms with Gasteiger partial charge in [-0.15, -0.1) is 11.3 Å². The van der Waals surface area contributed by atoms with Crippen LogP contribution in [0.1, 0.15) is 19.4 Å². The minimum Gasteiger partial charge on any atom is -0.497 e. The summed E-state index contributed by atoms with van der Waals surface area (Å²) in [5.41, 5.74) is 2.87. The van der Waals surface area contributed by atoms with Crippen LogP contribution in [0.4, 0.5) is 0 Å². The lowest BCUT2D eigenvalue weighted by molar-refractivity contribution is -0.144. The van der Waals surface area contributed by atoms with Crippen molar-refractivity contribution in [1.82, 2.24) is 4.98 Å². The second kappa shape index (κ2) is 9.59. The van der Waals surface area contributed by atoms with Crippen molar-refractivity contribution in [2.45, 2.75) is 25.0 Å². The van der Waals surface area contributed by atoms with Crippen molar-refractivity contribution in [2.75, 3.05) is 12.9 Å². The van der Waals surface area contributed by atoms with Crippen LogP contribution in [0.5, 0.6) is 5.75 Å². The zero-order chi connectivity index (χ0) is 20.8.